The Labute approximate surface area is 126 Å². The highest BCUT2D eigenvalue weighted by Gasteiger charge is 2.35. The quantitative estimate of drug-likeness (QED) is 0.893. The van der Waals surface area contributed by atoms with Crippen LogP contribution in [0.4, 0.5) is 5.69 Å². The van der Waals surface area contributed by atoms with Gasteiger partial charge in [-0.1, -0.05) is 24.6 Å². The number of hydrogen-bond donors (Lipinski definition) is 2. The first-order chi connectivity index (χ1) is 10.3. The van der Waals surface area contributed by atoms with Crippen LogP contribution in [0.15, 0.2) is 24.3 Å². The summed E-state index contributed by atoms with van der Waals surface area (Å²) in [6, 6.07) is 8.40. The molecule has 1 saturated carbocycles. The van der Waals surface area contributed by atoms with E-state index in [4.69, 9.17) is 5.73 Å². The molecule has 0 aromatic heterocycles. The van der Waals surface area contributed by atoms with Gasteiger partial charge in [-0.2, -0.15) is 0 Å². The summed E-state index contributed by atoms with van der Waals surface area (Å²) in [6.07, 6.45) is 6.51. The highest BCUT2D eigenvalue weighted by molar-refractivity contribution is 5.93. The van der Waals surface area contributed by atoms with E-state index < -0.39 is 0 Å². The second kappa shape index (κ2) is 6.58. The molecule has 4 nitrogen and oxygen atoms in total. The number of nitrogens with two attached hydrogens (primary N) is 1. The van der Waals surface area contributed by atoms with Gasteiger partial charge in [-0.05, 0) is 49.8 Å². The van der Waals surface area contributed by atoms with Crippen molar-refractivity contribution in [2.45, 2.75) is 44.7 Å². The van der Waals surface area contributed by atoms with Gasteiger partial charge in [0.15, 0.2) is 0 Å². The molecule has 2 unspecified atom stereocenters. The predicted molar refractivity (Wildman–Crippen MR) is 84.9 cm³/mol. The first kappa shape index (κ1) is 14.5. The lowest BCUT2D eigenvalue weighted by Gasteiger charge is -2.37. The first-order valence-corrected chi connectivity index (χ1v) is 8.10. The normalized spacial score (nSPS) is 25.6. The van der Waals surface area contributed by atoms with Crippen LogP contribution in [0.2, 0.25) is 0 Å². The van der Waals surface area contributed by atoms with Crippen molar-refractivity contribution in [3.8, 4) is 0 Å². The SMILES string of the molecule is NCc1ccccc1NC(=O)CN1CCCC2CCCC21. The molecule has 21 heavy (non-hydrogen) atoms. The summed E-state index contributed by atoms with van der Waals surface area (Å²) in [5, 5.41) is 3.03. The number of benzene rings is 1. The van der Waals surface area contributed by atoms with Gasteiger partial charge in [-0.3, -0.25) is 9.69 Å². The van der Waals surface area contributed by atoms with Gasteiger partial charge in [-0.15, -0.1) is 0 Å². The van der Waals surface area contributed by atoms with Crippen molar-refractivity contribution in [2.24, 2.45) is 11.7 Å². The van der Waals surface area contributed by atoms with E-state index in [-0.39, 0.29) is 5.91 Å². The van der Waals surface area contributed by atoms with Crippen molar-refractivity contribution in [3.63, 3.8) is 0 Å². The summed E-state index contributed by atoms with van der Waals surface area (Å²) in [6.45, 7) is 2.03. The van der Waals surface area contributed by atoms with Crippen LogP contribution in [0.5, 0.6) is 0 Å². The van der Waals surface area contributed by atoms with Crippen molar-refractivity contribution in [3.05, 3.63) is 29.8 Å². The van der Waals surface area contributed by atoms with E-state index in [1.165, 1.54) is 32.1 Å². The number of para-hydroxylation sites is 1. The average Bonchev–Trinajstić information content (AvgIpc) is 2.97. The molecule has 1 aromatic carbocycles. The number of nitrogens with one attached hydrogen (secondary N) is 1. The van der Waals surface area contributed by atoms with E-state index in [2.05, 4.69) is 10.2 Å². The molecule has 1 amide bonds. The molecule has 2 atom stereocenters. The summed E-state index contributed by atoms with van der Waals surface area (Å²) in [5.41, 5.74) is 7.56. The molecular weight excluding hydrogens is 262 g/mol. The molecule has 0 bridgehead atoms. The number of hydrogen-bond acceptors (Lipinski definition) is 3. The van der Waals surface area contributed by atoms with Crippen molar-refractivity contribution in [1.82, 2.24) is 4.90 Å². The lowest BCUT2D eigenvalue weighted by molar-refractivity contribution is -0.118. The molecule has 2 aliphatic rings. The zero-order valence-corrected chi connectivity index (χ0v) is 12.6. The fourth-order valence-corrected chi connectivity index (χ4v) is 3.95. The Morgan fingerprint density at radius 2 is 2.05 bits per heavy atom. The Kier molecular flexibility index (Phi) is 4.56. The minimum absolute atomic E-state index is 0.0865. The van der Waals surface area contributed by atoms with E-state index in [1.807, 2.05) is 24.3 Å². The number of fused-ring (bicyclic) bond motifs is 1. The molecule has 3 rings (SSSR count). The van der Waals surface area contributed by atoms with Crippen molar-refractivity contribution >= 4 is 11.6 Å². The van der Waals surface area contributed by atoms with Crippen molar-refractivity contribution in [1.29, 1.82) is 0 Å². The first-order valence-electron chi connectivity index (χ1n) is 8.10. The Balaban J connectivity index is 1.61. The number of amides is 1. The van der Waals surface area contributed by atoms with Crippen LogP contribution >= 0.6 is 0 Å². The molecule has 0 spiro atoms. The number of piperidine rings is 1. The zero-order chi connectivity index (χ0) is 14.7. The average molecular weight is 287 g/mol. The number of anilines is 1. The highest BCUT2D eigenvalue weighted by Crippen LogP contribution is 2.36. The molecule has 1 saturated heterocycles. The highest BCUT2D eigenvalue weighted by atomic mass is 16.2. The summed E-state index contributed by atoms with van der Waals surface area (Å²) in [5.74, 6) is 0.909. The van der Waals surface area contributed by atoms with E-state index >= 15 is 0 Å². The van der Waals surface area contributed by atoms with Crippen LogP contribution in [0.3, 0.4) is 0 Å². The van der Waals surface area contributed by atoms with Gasteiger partial charge in [0.05, 0.1) is 6.54 Å². The van der Waals surface area contributed by atoms with E-state index in [0.717, 1.165) is 23.7 Å². The third-order valence-electron chi connectivity index (χ3n) is 4.97. The van der Waals surface area contributed by atoms with Crippen LogP contribution < -0.4 is 11.1 Å². The second-order valence-corrected chi connectivity index (χ2v) is 6.28. The monoisotopic (exact) mass is 287 g/mol. The Morgan fingerprint density at radius 1 is 1.24 bits per heavy atom. The maximum Gasteiger partial charge on any atom is 0.238 e. The Morgan fingerprint density at radius 3 is 2.90 bits per heavy atom. The third-order valence-corrected chi connectivity index (χ3v) is 4.97. The zero-order valence-electron chi connectivity index (χ0n) is 12.6. The van der Waals surface area contributed by atoms with Gasteiger partial charge < -0.3 is 11.1 Å². The van der Waals surface area contributed by atoms with Crippen LogP contribution in [-0.4, -0.2) is 29.9 Å². The standard InChI is InChI=1S/C17H25N3O/c18-11-14-5-1-2-8-15(14)19-17(21)12-20-10-4-7-13-6-3-9-16(13)20/h1-2,5,8,13,16H,3-4,6-7,9-12,18H2,(H,19,21). The number of rotatable bonds is 4. The number of carbonyl (C=O) groups is 1. The molecule has 1 aromatic rings. The molecule has 4 heteroatoms. The Hall–Kier alpha value is -1.39. The molecule has 114 valence electrons. The minimum atomic E-state index is 0.0865. The molecule has 1 aliphatic carbocycles. The second-order valence-electron chi connectivity index (χ2n) is 6.28. The fourth-order valence-electron chi connectivity index (χ4n) is 3.95. The fraction of sp³-hybridized carbons (Fsp3) is 0.588. The van der Waals surface area contributed by atoms with Gasteiger partial charge >= 0.3 is 0 Å². The maximum absolute atomic E-state index is 12.3. The largest absolute Gasteiger partial charge is 0.326 e. The molecule has 0 radical (unpaired) electrons. The van der Waals surface area contributed by atoms with Crippen LogP contribution in [-0.2, 0) is 11.3 Å². The molecule has 2 fully saturated rings. The van der Waals surface area contributed by atoms with Gasteiger partial charge in [0.1, 0.15) is 0 Å². The summed E-state index contributed by atoms with van der Waals surface area (Å²) < 4.78 is 0. The van der Waals surface area contributed by atoms with Gasteiger partial charge in [0.2, 0.25) is 5.91 Å². The third kappa shape index (κ3) is 3.27. The smallest absolute Gasteiger partial charge is 0.238 e. The summed E-state index contributed by atoms with van der Waals surface area (Å²) in [7, 11) is 0. The van der Waals surface area contributed by atoms with Crippen molar-refractivity contribution < 1.29 is 4.79 Å². The lowest BCUT2D eigenvalue weighted by atomic mass is 9.92. The van der Waals surface area contributed by atoms with Gasteiger partial charge in [-0.25, -0.2) is 0 Å². The van der Waals surface area contributed by atoms with Gasteiger partial charge in [0, 0.05) is 18.3 Å². The molecule has 3 N–H and O–H groups in total. The number of nitrogens with zero attached hydrogens (tertiary/aromatic N) is 1. The topological polar surface area (TPSA) is 58.4 Å². The molecule has 1 aliphatic heterocycles. The predicted octanol–water partition coefficient (Wildman–Crippen LogP) is 2.35. The van der Waals surface area contributed by atoms with Crippen LogP contribution in [0, 0.1) is 5.92 Å². The van der Waals surface area contributed by atoms with Crippen LogP contribution in [0.1, 0.15) is 37.7 Å². The van der Waals surface area contributed by atoms with Crippen molar-refractivity contribution in [2.75, 3.05) is 18.4 Å². The minimum Gasteiger partial charge on any atom is -0.326 e. The molecular formula is C17H25N3O. The number of likely N-dealkylation sites (tertiary alicyclic amines) is 1. The molecule has 1 heterocycles. The van der Waals surface area contributed by atoms with Gasteiger partial charge in [0.25, 0.3) is 0 Å². The Bertz CT molecular complexity index is 503. The lowest BCUT2D eigenvalue weighted by Crippen LogP contribution is -2.46. The van der Waals surface area contributed by atoms with Crippen LogP contribution in [0.25, 0.3) is 0 Å². The van der Waals surface area contributed by atoms with E-state index in [1.54, 1.807) is 0 Å². The summed E-state index contributed by atoms with van der Waals surface area (Å²) >= 11 is 0. The maximum atomic E-state index is 12.3. The summed E-state index contributed by atoms with van der Waals surface area (Å²) in [4.78, 5) is 14.7. The van der Waals surface area contributed by atoms with E-state index in [9.17, 15) is 4.79 Å². The van der Waals surface area contributed by atoms with E-state index in [0.29, 0.717) is 19.1 Å². The number of carbonyl (C=O) groups excluding carboxylic acids is 1.